The fraction of sp³-hybridized carbons (Fsp3) is 0.786. The molecule has 0 saturated carbocycles. The number of rotatable bonds is 1. The lowest BCUT2D eigenvalue weighted by Crippen LogP contribution is -2.39. The van der Waals surface area contributed by atoms with Gasteiger partial charge in [0.2, 0.25) is 0 Å². The van der Waals surface area contributed by atoms with Crippen LogP contribution in [0.1, 0.15) is 39.5 Å². The Morgan fingerprint density at radius 3 is 2.65 bits per heavy atom. The smallest absolute Gasteiger partial charge is 0.130 e. The van der Waals surface area contributed by atoms with Crippen LogP contribution in [0.4, 0.5) is 0 Å². The van der Waals surface area contributed by atoms with Crippen LogP contribution >= 0.6 is 23.5 Å². The number of thioether (sulfide) groups is 2. The maximum Gasteiger partial charge on any atom is 0.130 e. The molecule has 0 amide bonds. The highest BCUT2D eigenvalue weighted by atomic mass is 32.2. The number of carbonyl (C=O) groups is 1. The third kappa shape index (κ3) is 1.58. The van der Waals surface area contributed by atoms with E-state index in [1.54, 1.807) is 5.57 Å². The minimum absolute atomic E-state index is 0.186. The second-order valence-corrected chi connectivity index (χ2v) is 8.81. The first kappa shape index (κ1) is 12.2. The molecule has 1 aliphatic heterocycles. The van der Waals surface area contributed by atoms with Crippen molar-refractivity contribution in [2.45, 2.75) is 43.6 Å². The van der Waals surface area contributed by atoms with E-state index in [4.69, 9.17) is 0 Å². The summed E-state index contributed by atoms with van der Waals surface area (Å²) in [6.45, 7) is 4.44. The van der Waals surface area contributed by atoms with Gasteiger partial charge < -0.3 is 4.79 Å². The van der Waals surface area contributed by atoms with Gasteiger partial charge in [0.05, 0.1) is 4.08 Å². The Kier molecular flexibility index (Phi) is 2.90. The lowest BCUT2D eigenvalue weighted by Gasteiger charge is -2.43. The monoisotopic (exact) mass is 268 g/mol. The van der Waals surface area contributed by atoms with Gasteiger partial charge in [-0.3, -0.25) is 0 Å². The van der Waals surface area contributed by atoms with Crippen LogP contribution in [0, 0.1) is 11.3 Å². The number of carbonyl (C=O) groups excluding carboxylic acids is 1. The van der Waals surface area contributed by atoms with Gasteiger partial charge >= 0.3 is 0 Å². The van der Waals surface area contributed by atoms with E-state index in [2.05, 4.69) is 37.4 Å². The maximum absolute atomic E-state index is 11.7. The molecular weight excluding hydrogens is 248 g/mol. The average Bonchev–Trinajstić information content (AvgIpc) is 2.94. The highest BCUT2D eigenvalue weighted by molar-refractivity contribution is 8.21. The van der Waals surface area contributed by atoms with Crippen molar-refractivity contribution in [1.82, 2.24) is 0 Å². The van der Waals surface area contributed by atoms with Crippen LogP contribution < -0.4 is 0 Å². The van der Waals surface area contributed by atoms with Gasteiger partial charge in [-0.15, -0.1) is 23.5 Å². The second-order valence-electron chi connectivity index (χ2n) is 5.77. The molecule has 3 rings (SSSR count). The fourth-order valence-corrected chi connectivity index (χ4v) is 7.40. The molecule has 1 heterocycles. The molecule has 0 aromatic heterocycles. The molecule has 0 aromatic rings. The Balaban J connectivity index is 2.10. The van der Waals surface area contributed by atoms with Gasteiger partial charge in [-0.05, 0) is 44.1 Å². The first-order valence-electron chi connectivity index (χ1n) is 6.59. The van der Waals surface area contributed by atoms with Crippen LogP contribution in [0.2, 0.25) is 0 Å². The molecule has 3 aliphatic rings. The predicted octanol–water partition coefficient (Wildman–Crippen LogP) is 3.89. The summed E-state index contributed by atoms with van der Waals surface area (Å²) in [5.41, 5.74) is 2.97. The Hall–Kier alpha value is 0.110. The van der Waals surface area contributed by atoms with Crippen LogP contribution in [0.3, 0.4) is 0 Å². The lowest BCUT2D eigenvalue weighted by atomic mass is 9.66. The second kappa shape index (κ2) is 4.06. The SMILES string of the molecule is C[C@H]1CCC2=C(C3(CC2)SCCS3)[C@]1(C)C=O. The van der Waals surface area contributed by atoms with Gasteiger partial charge in [0.15, 0.2) is 0 Å². The standard InChI is InChI=1S/C14H20OS2/c1-10-3-4-11-5-6-14(16-7-8-17-14)12(11)13(10,2)9-15/h9-10H,3-8H2,1-2H3/t10-,13+/m0/s1. The molecule has 2 aliphatic carbocycles. The van der Waals surface area contributed by atoms with Crippen molar-refractivity contribution in [1.29, 1.82) is 0 Å². The summed E-state index contributed by atoms with van der Waals surface area (Å²) < 4.78 is 0.277. The first-order chi connectivity index (χ1) is 8.12. The quantitative estimate of drug-likeness (QED) is 0.530. The van der Waals surface area contributed by atoms with Crippen molar-refractivity contribution in [3.8, 4) is 0 Å². The number of hydrogen-bond donors (Lipinski definition) is 0. The molecule has 1 spiro atoms. The van der Waals surface area contributed by atoms with Gasteiger partial charge in [-0.25, -0.2) is 0 Å². The van der Waals surface area contributed by atoms with Crippen molar-refractivity contribution >= 4 is 29.8 Å². The molecule has 1 nitrogen and oxygen atoms in total. The normalized spacial score (nSPS) is 39.8. The third-order valence-electron chi connectivity index (χ3n) is 4.93. The molecule has 3 heteroatoms. The maximum atomic E-state index is 11.7. The van der Waals surface area contributed by atoms with E-state index < -0.39 is 0 Å². The summed E-state index contributed by atoms with van der Waals surface area (Å²) in [6, 6.07) is 0. The number of hydrogen-bond acceptors (Lipinski definition) is 3. The van der Waals surface area contributed by atoms with Crippen LogP contribution in [0.25, 0.3) is 0 Å². The van der Waals surface area contributed by atoms with Gasteiger partial charge in [-0.2, -0.15) is 0 Å². The molecule has 0 aromatic carbocycles. The van der Waals surface area contributed by atoms with E-state index in [1.165, 1.54) is 49.0 Å². The zero-order valence-corrected chi connectivity index (χ0v) is 12.3. The van der Waals surface area contributed by atoms with E-state index in [0.29, 0.717) is 5.92 Å². The van der Waals surface area contributed by atoms with Crippen molar-refractivity contribution in [3.05, 3.63) is 11.1 Å². The Labute approximate surface area is 112 Å². The molecule has 0 unspecified atom stereocenters. The summed E-state index contributed by atoms with van der Waals surface area (Å²) in [5, 5.41) is 0. The summed E-state index contributed by atoms with van der Waals surface area (Å²) in [5.74, 6) is 3.02. The average molecular weight is 268 g/mol. The largest absolute Gasteiger partial charge is 0.302 e. The summed E-state index contributed by atoms with van der Waals surface area (Å²) in [6.07, 6.45) is 6.19. The molecule has 0 N–H and O–H groups in total. The van der Waals surface area contributed by atoms with Crippen LogP contribution in [-0.2, 0) is 4.79 Å². The van der Waals surface area contributed by atoms with E-state index in [1.807, 2.05) is 0 Å². The molecule has 1 saturated heterocycles. The van der Waals surface area contributed by atoms with Crippen LogP contribution in [0.15, 0.2) is 11.1 Å². The highest BCUT2D eigenvalue weighted by Crippen LogP contribution is 2.64. The van der Waals surface area contributed by atoms with Gasteiger partial charge in [0, 0.05) is 16.9 Å². The van der Waals surface area contributed by atoms with E-state index in [0.717, 1.165) is 0 Å². The van der Waals surface area contributed by atoms with Crippen molar-refractivity contribution in [3.63, 3.8) is 0 Å². The Morgan fingerprint density at radius 1 is 1.29 bits per heavy atom. The minimum atomic E-state index is -0.186. The predicted molar refractivity (Wildman–Crippen MR) is 76.5 cm³/mol. The Bertz CT molecular complexity index is 382. The topological polar surface area (TPSA) is 17.1 Å². The molecule has 1 fully saturated rings. The first-order valence-corrected chi connectivity index (χ1v) is 8.57. The van der Waals surface area contributed by atoms with Crippen LogP contribution in [-0.4, -0.2) is 21.9 Å². The zero-order chi connectivity index (χ0) is 12.1. The molecule has 17 heavy (non-hydrogen) atoms. The van der Waals surface area contributed by atoms with Gasteiger partial charge in [0.1, 0.15) is 6.29 Å². The highest BCUT2D eigenvalue weighted by Gasteiger charge is 2.54. The lowest BCUT2D eigenvalue weighted by molar-refractivity contribution is -0.116. The number of allylic oxidation sites excluding steroid dienone is 1. The molecular formula is C14H20OS2. The van der Waals surface area contributed by atoms with Crippen LogP contribution in [0.5, 0.6) is 0 Å². The van der Waals surface area contributed by atoms with Gasteiger partial charge in [0.25, 0.3) is 0 Å². The van der Waals surface area contributed by atoms with E-state index >= 15 is 0 Å². The van der Waals surface area contributed by atoms with Crippen molar-refractivity contribution in [2.24, 2.45) is 11.3 Å². The van der Waals surface area contributed by atoms with Crippen molar-refractivity contribution < 1.29 is 4.79 Å². The van der Waals surface area contributed by atoms with Gasteiger partial charge in [-0.1, -0.05) is 12.5 Å². The minimum Gasteiger partial charge on any atom is -0.302 e. The molecule has 0 radical (unpaired) electrons. The number of fused-ring (bicyclic) bond motifs is 1. The third-order valence-corrected chi connectivity index (χ3v) is 8.46. The summed E-state index contributed by atoms with van der Waals surface area (Å²) in [4.78, 5) is 11.7. The zero-order valence-electron chi connectivity index (χ0n) is 10.6. The summed E-state index contributed by atoms with van der Waals surface area (Å²) in [7, 11) is 0. The molecule has 94 valence electrons. The number of aldehydes is 1. The van der Waals surface area contributed by atoms with E-state index in [-0.39, 0.29) is 9.49 Å². The fourth-order valence-electron chi connectivity index (χ4n) is 3.73. The van der Waals surface area contributed by atoms with E-state index in [9.17, 15) is 4.79 Å². The molecule has 2 atom stereocenters. The summed E-state index contributed by atoms with van der Waals surface area (Å²) >= 11 is 4.21. The van der Waals surface area contributed by atoms with Crippen molar-refractivity contribution in [2.75, 3.05) is 11.5 Å². The Morgan fingerprint density at radius 2 is 2.00 bits per heavy atom. The molecule has 0 bridgehead atoms.